The highest BCUT2D eigenvalue weighted by atomic mass is 35.5. The summed E-state index contributed by atoms with van der Waals surface area (Å²) in [5.41, 5.74) is 2.52. The molecule has 4 nitrogen and oxygen atoms in total. The second kappa shape index (κ2) is 8.24. The average molecular weight is 384 g/mol. The minimum atomic E-state index is -0.0759. The van der Waals surface area contributed by atoms with Gasteiger partial charge in [-0.25, -0.2) is 4.98 Å². The van der Waals surface area contributed by atoms with Crippen LogP contribution in [0.1, 0.15) is 44.6 Å². The topological polar surface area (TPSA) is 46.9 Å². The van der Waals surface area contributed by atoms with Crippen molar-refractivity contribution in [2.75, 3.05) is 6.54 Å². The van der Waals surface area contributed by atoms with Gasteiger partial charge in [-0.2, -0.15) is 0 Å². The minimum absolute atomic E-state index is 0.0684. The van der Waals surface area contributed by atoms with E-state index in [1.165, 1.54) is 0 Å². The third-order valence-corrected chi connectivity index (χ3v) is 4.94. The summed E-state index contributed by atoms with van der Waals surface area (Å²) in [4.78, 5) is 18.1. The number of hydrogen-bond acceptors (Lipinski definition) is 3. The number of rotatable bonds is 6. The highest BCUT2D eigenvalue weighted by Crippen LogP contribution is 2.21. The molecule has 0 bridgehead atoms. The van der Waals surface area contributed by atoms with Crippen LogP contribution in [0.4, 0.5) is 0 Å². The normalized spacial score (nSPS) is 12.7. The van der Waals surface area contributed by atoms with E-state index in [0.717, 1.165) is 24.2 Å². The van der Waals surface area contributed by atoms with Gasteiger partial charge in [0.25, 0.3) is 5.56 Å². The summed E-state index contributed by atoms with van der Waals surface area (Å²) in [6.07, 6.45) is 1.07. The Labute approximate surface area is 165 Å². The smallest absolute Gasteiger partial charge is 0.266 e. The van der Waals surface area contributed by atoms with Gasteiger partial charge in [0.1, 0.15) is 5.82 Å². The summed E-state index contributed by atoms with van der Waals surface area (Å²) < 4.78 is 1.71. The summed E-state index contributed by atoms with van der Waals surface area (Å²) in [5.74, 6) is 1.31. The Balaban J connectivity index is 2.14. The Bertz CT molecular complexity index is 993. The van der Waals surface area contributed by atoms with Crippen LogP contribution >= 0.6 is 11.6 Å². The fourth-order valence-corrected chi connectivity index (χ4v) is 3.26. The Hall–Kier alpha value is -2.17. The molecule has 142 valence electrons. The Morgan fingerprint density at radius 2 is 1.81 bits per heavy atom. The van der Waals surface area contributed by atoms with Gasteiger partial charge in [0.2, 0.25) is 0 Å². The highest BCUT2D eigenvalue weighted by Gasteiger charge is 2.18. The molecule has 0 aliphatic heterocycles. The van der Waals surface area contributed by atoms with Crippen LogP contribution in [0.2, 0.25) is 5.02 Å². The highest BCUT2D eigenvalue weighted by molar-refractivity contribution is 6.31. The number of benzene rings is 2. The van der Waals surface area contributed by atoms with Gasteiger partial charge in [-0.1, -0.05) is 43.1 Å². The zero-order valence-corrected chi connectivity index (χ0v) is 17.0. The number of fused-ring (bicyclic) bond motifs is 1. The predicted octanol–water partition coefficient (Wildman–Crippen LogP) is 5.04. The van der Waals surface area contributed by atoms with Gasteiger partial charge >= 0.3 is 0 Å². The fraction of sp³-hybridized carbons (Fsp3) is 0.364. The lowest BCUT2D eigenvalue weighted by Gasteiger charge is -2.20. The number of aromatic nitrogens is 2. The fourth-order valence-electron chi connectivity index (χ4n) is 3.09. The maximum Gasteiger partial charge on any atom is 0.266 e. The van der Waals surface area contributed by atoms with Gasteiger partial charge in [0.05, 0.1) is 22.6 Å². The molecule has 2 aromatic carbocycles. The zero-order valence-electron chi connectivity index (χ0n) is 16.3. The van der Waals surface area contributed by atoms with Crippen molar-refractivity contribution in [3.63, 3.8) is 0 Å². The predicted molar refractivity (Wildman–Crippen MR) is 113 cm³/mol. The Morgan fingerprint density at radius 3 is 2.48 bits per heavy atom. The van der Waals surface area contributed by atoms with Crippen LogP contribution < -0.4 is 10.9 Å². The van der Waals surface area contributed by atoms with Crippen molar-refractivity contribution in [2.45, 2.75) is 40.2 Å². The van der Waals surface area contributed by atoms with Crippen molar-refractivity contribution < 1.29 is 0 Å². The molecule has 0 radical (unpaired) electrons. The summed E-state index contributed by atoms with van der Waals surface area (Å²) in [6, 6.07) is 13.1. The van der Waals surface area contributed by atoms with Gasteiger partial charge < -0.3 is 5.32 Å². The van der Waals surface area contributed by atoms with Crippen molar-refractivity contribution >= 4 is 22.5 Å². The molecule has 1 N–H and O–H groups in total. The molecule has 0 saturated heterocycles. The van der Waals surface area contributed by atoms with Gasteiger partial charge in [-0.15, -0.1) is 0 Å². The van der Waals surface area contributed by atoms with Crippen LogP contribution in [0.3, 0.4) is 0 Å². The van der Waals surface area contributed by atoms with E-state index in [1.54, 1.807) is 22.8 Å². The van der Waals surface area contributed by atoms with E-state index >= 15 is 0 Å². The molecule has 1 aromatic heterocycles. The standard InChI is InChI=1S/C22H26ClN3O/c1-14(2)11-12-24-16(4)21-25-20-13-17(23)7-10-19(20)22(27)26(21)18-8-5-15(3)6-9-18/h5-10,13-14,16,24H,11-12H2,1-4H3. The van der Waals surface area contributed by atoms with Crippen LogP contribution in [0, 0.1) is 12.8 Å². The van der Waals surface area contributed by atoms with Crippen molar-refractivity contribution in [1.82, 2.24) is 14.9 Å². The molecule has 0 saturated carbocycles. The molecule has 0 amide bonds. The van der Waals surface area contributed by atoms with E-state index in [-0.39, 0.29) is 11.6 Å². The molecule has 5 heteroatoms. The van der Waals surface area contributed by atoms with Gasteiger partial charge in [0, 0.05) is 5.02 Å². The summed E-state index contributed by atoms with van der Waals surface area (Å²) in [5, 5.41) is 4.65. The summed E-state index contributed by atoms with van der Waals surface area (Å²) >= 11 is 6.13. The van der Waals surface area contributed by atoms with Crippen molar-refractivity contribution in [3.05, 3.63) is 69.2 Å². The van der Waals surface area contributed by atoms with Gasteiger partial charge in [-0.3, -0.25) is 9.36 Å². The average Bonchev–Trinajstić information content (AvgIpc) is 2.62. The number of aryl methyl sites for hydroxylation is 1. The Morgan fingerprint density at radius 1 is 1.11 bits per heavy atom. The van der Waals surface area contributed by atoms with Crippen molar-refractivity contribution in [2.24, 2.45) is 5.92 Å². The molecule has 0 spiro atoms. The molecule has 0 aliphatic carbocycles. The molecular weight excluding hydrogens is 358 g/mol. The van der Waals surface area contributed by atoms with Crippen molar-refractivity contribution in [3.8, 4) is 5.69 Å². The van der Waals surface area contributed by atoms with E-state index in [2.05, 4.69) is 19.2 Å². The van der Waals surface area contributed by atoms with E-state index in [9.17, 15) is 4.79 Å². The van der Waals surface area contributed by atoms with E-state index in [0.29, 0.717) is 27.7 Å². The van der Waals surface area contributed by atoms with Crippen LogP contribution in [-0.4, -0.2) is 16.1 Å². The molecule has 1 atom stereocenters. The second-order valence-electron chi connectivity index (χ2n) is 7.47. The molecule has 3 rings (SSSR count). The number of hydrogen-bond donors (Lipinski definition) is 1. The van der Waals surface area contributed by atoms with Gasteiger partial charge in [-0.05, 0) is 63.1 Å². The maximum atomic E-state index is 13.3. The first kappa shape index (κ1) is 19.6. The monoisotopic (exact) mass is 383 g/mol. The lowest BCUT2D eigenvalue weighted by atomic mass is 10.1. The second-order valence-corrected chi connectivity index (χ2v) is 7.90. The first-order chi connectivity index (χ1) is 12.9. The molecule has 0 fully saturated rings. The molecule has 27 heavy (non-hydrogen) atoms. The van der Waals surface area contributed by atoms with E-state index in [1.807, 2.05) is 38.1 Å². The zero-order chi connectivity index (χ0) is 19.6. The largest absolute Gasteiger partial charge is 0.308 e. The molecule has 1 unspecified atom stereocenters. The summed E-state index contributed by atoms with van der Waals surface area (Å²) in [6.45, 7) is 9.35. The SMILES string of the molecule is Cc1ccc(-n2c(C(C)NCCC(C)C)nc3cc(Cl)ccc3c2=O)cc1. The number of halogens is 1. The van der Waals surface area contributed by atoms with E-state index in [4.69, 9.17) is 16.6 Å². The van der Waals surface area contributed by atoms with Crippen LogP contribution in [-0.2, 0) is 0 Å². The molecule has 3 aromatic rings. The lowest BCUT2D eigenvalue weighted by Crippen LogP contribution is -2.30. The number of nitrogens with one attached hydrogen (secondary N) is 1. The van der Waals surface area contributed by atoms with Crippen LogP contribution in [0.5, 0.6) is 0 Å². The lowest BCUT2D eigenvalue weighted by molar-refractivity contribution is 0.479. The molecular formula is C22H26ClN3O. The maximum absolute atomic E-state index is 13.3. The minimum Gasteiger partial charge on any atom is -0.308 e. The first-order valence-corrected chi connectivity index (χ1v) is 9.77. The van der Waals surface area contributed by atoms with Gasteiger partial charge in [0.15, 0.2) is 0 Å². The third kappa shape index (κ3) is 4.40. The Kier molecular flexibility index (Phi) is 5.98. The van der Waals surface area contributed by atoms with E-state index < -0.39 is 0 Å². The quantitative estimate of drug-likeness (QED) is 0.648. The third-order valence-electron chi connectivity index (χ3n) is 4.71. The number of nitrogens with zero attached hydrogens (tertiary/aromatic N) is 2. The molecule has 0 aliphatic rings. The van der Waals surface area contributed by atoms with Crippen LogP contribution in [0.15, 0.2) is 47.3 Å². The van der Waals surface area contributed by atoms with Crippen LogP contribution in [0.25, 0.3) is 16.6 Å². The summed E-state index contributed by atoms with van der Waals surface area (Å²) in [7, 11) is 0. The van der Waals surface area contributed by atoms with Crippen molar-refractivity contribution in [1.29, 1.82) is 0 Å². The first-order valence-electron chi connectivity index (χ1n) is 9.39. The molecule has 1 heterocycles.